The molecule has 1 heterocycles. The van der Waals surface area contributed by atoms with Crippen LogP contribution in [-0.4, -0.2) is 23.3 Å². The highest BCUT2D eigenvalue weighted by atomic mass is 16.5. The highest BCUT2D eigenvalue weighted by Crippen LogP contribution is 2.35. The Bertz CT molecular complexity index is 677. The van der Waals surface area contributed by atoms with Gasteiger partial charge < -0.3 is 13.9 Å². The maximum Gasteiger partial charge on any atom is 0.337 e. The number of hydrogen-bond acceptors (Lipinski definition) is 6. The van der Waals surface area contributed by atoms with Gasteiger partial charge in [0.2, 0.25) is 5.89 Å². The quantitative estimate of drug-likeness (QED) is 0.790. The summed E-state index contributed by atoms with van der Waals surface area (Å²) in [6.45, 7) is 2.09. The fraction of sp³-hybridized carbons (Fsp3) is 0.438. The van der Waals surface area contributed by atoms with Crippen molar-refractivity contribution in [3.8, 4) is 5.75 Å². The summed E-state index contributed by atoms with van der Waals surface area (Å²) in [4.78, 5) is 11.6. The topological polar surface area (TPSA) is 74.5 Å². The van der Waals surface area contributed by atoms with Crippen LogP contribution in [0.3, 0.4) is 0 Å². The molecule has 0 aliphatic heterocycles. The molecule has 116 valence electrons. The Morgan fingerprint density at radius 1 is 1.36 bits per heavy atom. The van der Waals surface area contributed by atoms with Crippen LogP contribution in [0.4, 0.5) is 0 Å². The molecule has 0 radical (unpaired) electrons. The third-order valence-electron chi connectivity index (χ3n) is 3.90. The molecule has 0 saturated heterocycles. The van der Waals surface area contributed by atoms with E-state index in [0.717, 1.165) is 18.4 Å². The minimum atomic E-state index is -0.394. The van der Waals surface area contributed by atoms with Gasteiger partial charge in [0.25, 0.3) is 5.89 Å². The zero-order chi connectivity index (χ0) is 15.5. The Morgan fingerprint density at radius 2 is 2.18 bits per heavy atom. The summed E-state index contributed by atoms with van der Waals surface area (Å²) in [5.74, 6) is 1.77. The van der Waals surface area contributed by atoms with E-state index in [1.807, 2.05) is 13.0 Å². The number of carbonyl (C=O) groups is 1. The number of ether oxygens (including phenoxy) is 2. The van der Waals surface area contributed by atoms with Crippen LogP contribution in [-0.2, 0) is 11.3 Å². The van der Waals surface area contributed by atoms with Crippen LogP contribution in [0.15, 0.2) is 22.6 Å². The number of aryl methyl sites for hydroxylation is 1. The molecular formula is C16H18N2O4. The molecule has 1 saturated carbocycles. The first kappa shape index (κ1) is 14.6. The first-order chi connectivity index (χ1) is 10.7. The number of esters is 1. The summed E-state index contributed by atoms with van der Waals surface area (Å²) in [6, 6.07) is 5.18. The maximum absolute atomic E-state index is 11.6. The molecule has 0 atom stereocenters. The maximum atomic E-state index is 11.6. The van der Waals surface area contributed by atoms with Crippen LogP contribution in [0, 0.1) is 6.92 Å². The number of hydrogen-bond donors (Lipinski definition) is 0. The minimum absolute atomic E-state index is 0.186. The number of rotatable bonds is 5. The molecular weight excluding hydrogens is 284 g/mol. The molecule has 6 heteroatoms. The van der Waals surface area contributed by atoms with E-state index < -0.39 is 5.97 Å². The van der Waals surface area contributed by atoms with E-state index in [4.69, 9.17) is 13.9 Å². The summed E-state index contributed by atoms with van der Waals surface area (Å²) in [5.41, 5.74) is 1.37. The van der Waals surface area contributed by atoms with E-state index in [1.165, 1.54) is 13.5 Å². The van der Waals surface area contributed by atoms with Crippen molar-refractivity contribution >= 4 is 5.97 Å². The molecule has 0 amide bonds. The molecule has 1 aromatic carbocycles. The molecule has 0 N–H and O–H groups in total. The van der Waals surface area contributed by atoms with Gasteiger partial charge in [-0.1, -0.05) is 12.5 Å². The first-order valence-electron chi connectivity index (χ1n) is 7.31. The van der Waals surface area contributed by atoms with E-state index in [-0.39, 0.29) is 6.61 Å². The second-order valence-corrected chi connectivity index (χ2v) is 5.42. The standard InChI is InChI=1S/C16H18N2O4/c1-10-6-7-12(16(19)20-2)8-13(10)21-9-14-17-18-15(22-14)11-4-3-5-11/h6-8,11H,3-5,9H2,1-2H3. The lowest BCUT2D eigenvalue weighted by Gasteiger charge is -2.20. The van der Waals surface area contributed by atoms with Crippen molar-refractivity contribution in [3.05, 3.63) is 41.1 Å². The average molecular weight is 302 g/mol. The Hall–Kier alpha value is -2.37. The van der Waals surface area contributed by atoms with Crippen LogP contribution in [0.5, 0.6) is 5.75 Å². The van der Waals surface area contributed by atoms with Gasteiger partial charge in [-0.2, -0.15) is 0 Å². The van der Waals surface area contributed by atoms with Gasteiger partial charge >= 0.3 is 5.97 Å². The van der Waals surface area contributed by atoms with Gasteiger partial charge in [-0.25, -0.2) is 4.79 Å². The van der Waals surface area contributed by atoms with E-state index >= 15 is 0 Å². The average Bonchev–Trinajstić information content (AvgIpc) is 2.92. The molecule has 1 fully saturated rings. The molecule has 1 aromatic heterocycles. The second kappa shape index (κ2) is 6.17. The Balaban J connectivity index is 1.67. The van der Waals surface area contributed by atoms with Gasteiger partial charge in [-0.05, 0) is 37.5 Å². The Kier molecular flexibility index (Phi) is 4.09. The summed E-state index contributed by atoms with van der Waals surface area (Å²) < 4.78 is 16.0. The normalized spacial score (nSPS) is 14.5. The van der Waals surface area contributed by atoms with Crippen molar-refractivity contribution in [2.45, 2.75) is 38.7 Å². The minimum Gasteiger partial charge on any atom is -0.484 e. The summed E-state index contributed by atoms with van der Waals surface area (Å²) in [5, 5.41) is 8.07. The Morgan fingerprint density at radius 3 is 2.86 bits per heavy atom. The van der Waals surface area contributed by atoms with Gasteiger partial charge in [0.1, 0.15) is 5.75 Å². The second-order valence-electron chi connectivity index (χ2n) is 5.42. The monoisotopic (exact) mass is 302 g/mol. The van der Waals surface area contributed by atoms with E-state index in [1.54, 1.807) is 12.1 Å². The third kappa shape index (κ3) is 2.95. The van der Waals surface area contributed by atoms with Crippen molar-refractivity contribution in [2.24, 2.45) is 0 Å². The van der Waals surface area contributed by atoms with Crippen LogP contribution >= 0.6 is 0 Å². The molecule has 2 aromatic rings. The lowest BCUT2D eigenvalue weighted by molar-refractivity contribution is 0.0600. The predicted octanol–water partition coefficient (Wildman–Crippen LogP) is 3.01. The molecule has 3 rings (SSSR count). The predicted molar refractivity (Wildman–Crippen MR) is 77.7 cm³/mol. The van der Waals surface area contributed by atoms with E-state index in [2.05, 4.69) is 10.2 Å². The van der Waals surface area contributed by atoms with E-state index in [0.29, 0.717) is 29.0 Å². The Labute approximate surface area is 128 Å². The highest BCUT2D eigenvalue weighted by Gasteiger charge is 2.25. The van der Waals surface area contributed by atoms with Gasteiger partial charge in [0.15, 0.2) is 6.61 Å². The zero-order valence-electron chi connectivity index (χ0n) is 12.7. The first-order valence-corrected chi connectivity index (χ1v) is 7.31. The number of carbonyl (C=O) groups excluding carboxylic acids is 1. The highest BCUT2D eigenvalue weighted by molar-refractivity contribution is 5.89. The van der Waals surface area contributed by atoms with Gasteiger partial charge in [0.05, 0.1) is 12.7 Å². The molecule has 0 unspecified atom stereocenters. The van der Waals surface area contributed by atoms with Crippen molar-refractivity contribution in [1.29, 1.82) is 0 Å². The van der Waals surface area contributed by atoms with Crippen LogP contribution in [0.1, 0.15) is 52.9 Å². The van der Waals surface area contributed by atoms with E-state index in [9.17, 15) is 4.79 Å². The molecule has 22 heavy (non-hydrogen) atoms. The molecule has 6 nitrogen and oxygen atoms in total. The van der Waals surface area contributed by atoms with Crippen molar-refractivity contribution < 1.29 is 18.7 Å². The fourth-order valence-corrected chi connectivity index (χ4v) is 2.28. The summed E-state index contributed by atoms with van der Waals surface area (Å²) in [6.07, 6.45) is 3.45. The number of methoxy groups -OCH3 is 1. The van der Waals surface area contributed by atoms with Crippen LogP contribution in [0.2, 0.25) is 0 Å². The lowest BCUT2D eigenvalue weighted by Crippen LogP contribution is -2.08. The SMILES string of the molecule is COC(=O)c1ccc(C)c(OCc2nnc(C3CCC3)o2)c1. The van der Waals surface area contributed by atoms with Gasteiger partial charge in [-0.3, -0.25) is 0 Å². The molecule has 1 aliphatic carbocycles. The lowest BCUT2D eigenvalue weighted by atomic mass is 9.85. The number of benzene rings is 1. The van der Waals surface area contributed by atoms with Crippen molar-refractivity contribution in [1.82, 2.24) is 10.2 Å². The van der Waals surface area contributed by atoms with Crippen molar-refractivity contribution in [3.63, 3.8) is 0 Å². The molecule has 0 spiro atoms. The van der Waals surface area contributed by atoms with Crippen LogP contribution < -0.4 is 4.74 Å². The smallest absolute Gasteiger partial charge is 0.337 e. The number of nitrogens with zero attached hydrogens (tertiary/aromatic N) is 2. The number of aromatic nitrogens is 2. The summed E-state index contributed by atoms with van der Waals surface area (Å²) in [7, 11) is 1.35. The van der Waals surface area contributed by atoms with Gasteiger partial charge in [0, 0.05) is 5.92 Å². The molecule has 1 aliphatic rings. The summed E-state index contributed by atoms with van der Waals surface area (Å²) >= 11 is 0. The van der Waals surface area contributed by atoms with Crippen LogP contribution in [0.25, 0.3) is 0 Å². The zero-order valence-corrected chi connectivity index (χ0v) is 12.7. The fourth-order valence-electron chi connectivity index (χ4n) is 2.28. The third-order valence-corrected chi connectivity index (χ3v) is 3.90. The largest absolute Gasteiger partial charge is 0.484 e. The molecule has 0 bridgehead atoms. The van der Waals surface area contributed by atoms with Gasteiger partial charge in [-0.15, -0.1) is 10.2 Å². The van der Waals surface area contributed by atoms with Crippen molar-refractivity contribution in [2.75, 3.05) is 7.11 Å².